The van der Waals surface area contributed by atoms with Crippen LogP contribution in [0.15, 0.2) is 48.5 Å². The normalized spacial score (nSPS) is 11.6. The Balaban J connectivity index is 1.78. The fraction of sp³-hybridized carbons (Fsp3) is 0.385. The molecule has 1 unspecified atom stereocenters. The quantitative estimate of drug-likeness (QED) is 0.173. The van der Waals surface area contributed by atoms with Crippen LogP contribution in [0.3, 0.4) is 0 Å². The molecule has 2 rings (SSSR count). The number of carbonyl (C=O) groups is 4. The van der Waals surface area contributed by atoms with Gasteiger partial charge in [0.15, 0.2) is 0 Å². The number of carbonyl (C=O) groups excluding carboxylic acids is 4. The van der Waals surface area contributed by atoms with Crippen molar-refractivity contribution in [3.63, 3.8) is 0 Å². The van der Waals surface area contributed by atoms with E-state index in [9.17, 15) is 29.3 Å². The maximum absolute atomic E-state index is 12.5. The van der Waals surface area contributed by atoms with E-state index in [1.54, 1.807) is 58.9 Å². The number of hydrogen-bond donors (Lipinski definition) is 3. The van der Waals surface area contributed by atoms with Crippen LogP contribution in [0.4, 0.5) is 21.0 Å². The Hall–Kier alpha value is -4.68. The number of benzene rings is 2. The molecular weight excluding hydrogens is 512 g/mol. The van der Waals surface area contributed by atoms with Crippen molar-refractivity contribution in [3.05, 3.63) is 64.2 Å². The fourth-order valence-corrected chi connectivity index (χ4v) is 3.04. The van der Waals surface area contributed by atoms with Crippen LogP contribution >= 0.6 is 0 Å². The number of anilines is 1. The summed E-state index contributed by atoms with van der Waals surface area (Å²) in [4.78, 5) is 58.8. The summed E-state index contributed by atoms with van der Waals surface area (Å²) in [6, 6.07) is 10.5. The number of nitro groups is 1. The van der Waals surface area contributed by atoms with Gasteiger partial charge in [-0.2, -0.15) is 0 Å². The van der Waals surface area contributed by atoms with E-state index in [0.29, 0.717) is 11.3 Å². The van der Waals surface area contributed by atoms with Crippen LogP contribution in [0, 0.1) is 16.0 Å². The van der Waals surface area contributed by atoms with Crippen molar-refractivity contribution in [1.82, 2.24) is 10.6 Å². The molecule has 0 bridgehead atoms. The Morgan fingerprint density at radius 1 is 0.974 bits per heavy atom. The smallest absolute Gasteiger partial charge is 0.444 e. The predicted octanol–water partition coefficient (Wildman–Crippen LogP) is 3.91. The Morgan fingerprint density at radius 2 is 1.59 bits per heavy atom. The maximum atomic E-state index is 12.5. The number of hydrogen-bond acceptors (Lipinski definition) is 9. The van der Waals surface area contributed by atoms with Gasteiger partial charge in [0.05, 0.1) is 11.5 Å². The van der Waals surface area contributed by atoms with Gasteiger partial charge in [-0.3, -0.25) is 19.7 Å². The molecule has 0 saturated carbocycles. The molecule has 2 aromatic carbocycles. The lowest BCUT2D eigenvalue weighted by Gasteiger charge is -2.25. The summed E-state index contributed by atoms with van der Waals surface area (Å²) in [6.07, 6.45) is -1.72. The van der Waals surface area contributed by atoms with Gasteiger partial charge in [-0.25, -0.2) is 9.59 Å². The second kappa shape index (κ2) is 13.7. The first-order valence-corrected chi connectivity index (χ1v) is 12.0. The number of rotatable bonds is 10. The first-order valence-electron chi connectivity index (χ1n) is 12.0. The molecule has 0 spiro atoms. The van der Waals surface area contributed by atoms with E-state index in [-0.39, 0.29) is 30.5 Å². The standard InChI is InChI=1S/C26H32N4O9/c1-16(2)22(29-24(33)39-26(3,4)5)23(32)27-14-21(31)28-18-8-6-17(7-9-18)15-37-25(34)38-20-12-10-19(11-13-20)30(35)36/h6-13,16,22H,14-15H2,1-5H3,(H,27,32)(H,28,31)(H,29,33). The molecule has 13 nitrogen and oxygen atoms in total. The Bertz CT molecular complexity index is 1170. The van der Waals surface area contributed by atoms with E-state index >= 15 is 0 Å². The van der Waals surface area contributed by atoms with Crippen LogP contribution in [0.25, 0.3) is 0 Å². The minimum absolute atomic E-state index is 0.0936. The third-order valence-electron chi connectivity index (χ3n) is 4.89. The molecule has 13 heteroatoms. The molecule has 0 saturated heterocycles. The molecule has 1 atom stereocenters. The third kappa shape index (κ3) is 11.1. The predicted molar refractivity (Wildman–Crippen MR) is 140 cm³/mol. The van der Waals surface area contributed by atoms with Crippen molar-refractivity contribution in [3.8, 4) is 5.75 Å². The topological polar surface area (TPSA) is 175 Å². The van der Waals surface area contributed by atoms with Gasteiger partial charge >= 0.3 is 12.2 Å². The monoisotopic (exact) mass is 544 g/mol. The SMILES string of the molecule is CC(C)C(NC(=O)OC(C)(C)C)C(=O)NCC(=O)Nc1ccc(COC(=O)Oc2ccc([N+](=O)[O-])cc2)cc1. The van der Waals surface area contributed by atoms with Crippen LogP contribution in [0.2, 0.25) is 0 Å². The number of alkyl carbamates (subject to hydrolysis) is 1. The largest absolute Gasteiger partial charge is 0.514 e. The molecule has 210 valence electrons. The molecule has 0 aromatic heterocycles. The highest BCUT2D eigenvalue weighted by Gasteiger charge is 2.27. The summed E-state index contributed by atoms with van der Waals surface area (Å²) in [5.41, 5.74) is 0.191. The first-order chi connectivity index (χ1) is 18.2. The van der Waals surface area contributed by atoms with E-state index in [1.807, 2.05) is 0 Å². The fourth-order valence-electron chi connectivity index (χ4n) is 3.04. The Morgan fingerprint density at radius 3 is 2.13 bits per heavy atom. The second-order valence-electron chi connectivity index (χ2n) is 9.72. The summed E-state index contributed by atoms with van der Waals surface area (Å²) in [5, 5.41) is 18.3. The molecule has 0 aliphatic carbocycles. The minimum Gasteiger partial charge on any atom is -0.444 e. The summed E-state index contributed by atoms with van der Waals surface area (Å²) in [7, 11) is 0. The zero-order chi connectivity index (χ0) is 29.2. The van der Waals surface area contributed by atoms with Crippen molar-refractivity contribution in [2.75, 3.05) is 11.9 Å². The van der Waals surface area contributed by atoms with E-state index in [2.05, 4.69) is 16.0 Å². The highest BCUT2D eigenvalue weighted by Crippen LogP contribution is 2.18. The number of nitrogens with one attached hydrogen (secondary N) is 3. The Kier molecular flexibility index (Phi) is 10.8. The summed E-state index contributed by atoms with van der Waals surface area (Å²) < 4.78 is 15.2. The highest BCUT2D eigenvalue weighted by atomic mass is 16.7. The van der Waals surface area contributed by atoms with Gasteiger partial charge in [-0.05, 0) is 56.5 Å². The zero-order valence-electron chi connectivity index (χ0n) is 22.3. The molecule has 0 heterocycles. The lowest BCUT2D eigenvalue weighted by molar-refractivity contribution is -0.384. The van der Waals surface area contributed by atoms with E-state index in [1.165, 1.54) is 24.3 Å². The van der Waals surface area contributed by atoms with Crippen LogP contribution in [-0.4, -0.2) is 47.2 Å². The number of nitrogens with zero attached hydrogens (tertiary/aromatic N) is 1. The summed E-state index contributed by atoms with van der Waals surface area (Å²) >= 11 is 0. The molecule has 0 fully saturated rings. The average Bonchev–Trinajstić information content (AvgIpc) is 2.84. The number of ether oxygens (including phenoxy) is 3. The van der Waals surface area contributed by atoms with Gasteiger partial charge in [0.25, 0.3) is 5.69 Å². The number of amides is 3. The number of nitro benzene ring substituents is 1. The van der Waals surface area contributed by atoms with Crippen LogP contribution in [-0.2, 0) is 25.7 Å². The van der Waals surface area contributed by atoms with E-state index in [4.69, 9.17) is 14.2 Å². The van der Waals surface area contributed by atoms with Gasteiger partial charge in [0, 0.05) is 17.8 Å². The van der Waals surface area contributed by atoms with Gasteiger partial charge in [-0.15, -0.1) is 0 Å². The maximum Gasteiger partial charge on any atom is 0.514 e. The van der Waals surface area contributed by atoms with Crippen molar-refractivity contribution < 1.29 is 38.3 Å². The second-order valence-corrected chi connectivity index (χ2v) is 9.72. The summed E-state index contributed by atoms with van der Waals surface area (Å²) in [5.74, 6) is -1.17. The highest BCUT2D eigenvalue weighted by molar-refractivity contribution is 5.95. The lowest BCUT2D eigenvalue weighted by atomic mass is 10.0. The van der Waals surface area contributed by atoms with Crippen LogP contribution < -0.4 is 20.7 Å². The van der Waals surface area contributed by atoms with Gasteiger partial charge < -0.3 is 30.2 Å². The van der Waals surface area contributed by atoms with Crippen molar-refractivity contribution in [2.45, 2.75) is 52.9 Å². The molecule has 39 heavy (non-hydrogen) atoms. The lowest BCUT2D eigenvalue weighted by Crippen LogP contribution is -2.52. The van der Waals surface area contributed by atoms with Crippen LogP contribution in [0.1, 0.15) is 40.2 Å². The molecule has 0 radical (unpaired) electrons. The number of non-ortho nitro benzene ring substituents is 1. The van der Waals surface area contributed by atoms with Gasteiger partial charge in [0.2, 0.25) is 11.8 Å². The molecule has 2 aromatic rings. The molecule has 0 aliphatic heterocycles. The first kappa shape index (κ1) is 30.5. The van der Waals surface area contributed by atoms with Crippen molar-refractivity contribution in [1.29, 1.82) is 0 Å². The minimum atomic E-state index is -0.988. The molecule has 3 amide bonds. The average molecular weight is 545 g/mol. The van der Waals surface area contributed by atoms with Crippen molar-refractivity contribution in [2.24, 2.45) is 5.92 Å². The molecular formula is C26H32N4O9. The third-order valence-corrected chi connectivity index (χ3v) is 4.89. The molecule has 3 N–H and O–H groups in total. The van der Waals surface area contributed by atoms with E-state index in [0.717, 1.165) is 0 Å². The zero-order valence-corrected chi connectivity index (χ0v) is 22.3. The summed E-state index contributed by atoms with van der Waals surface area (Å²) in [6.45, 7) is 8.19. The molecule has 0 aliphatic rings. The van der Waals surface area contributed by atoms with Crippen molar-refractivity contribution >= 4 is 35.4 Å². The Labute approximate surface area is 225 Å². The van der Waals surface area contributed by atoms with E-state index < -0.39 is 40.6 Å². The van der Waals surface area contributed by atoms with Gasteiger partial charge in [0.1, 0.15) is 24.0 Å². The van der Waals surface area contributed by atoms with Crippen LogP contribution in [0.5, 0.6) is 5.75 Å². The van der Waals surface area contributed by atoms with Gasteiger partial charge in [-0.1, -0.05) is 26.0 Å².